The van der Waals surface area contributed by atoms with E-state index in [1.165, 1.54) is 5.57 Å². The van der Waals surface area contributed by atoms with E-state index in [1.54, 1.807) is 6.07 Å². The number of nitrogens with zero attached hydrogens (tertiary/aromatic N) is 1. The van der Waals surface area contributed by atoms with Gasteiger partial charge in [-0.3, -0.25) is 9.69 Å². The van der Waals surface area contributed by atoms with Crippen molar-refractivity contribution in [2.24, 2.45) is 0 Å². The summed E-state index contributed by atoms with van der Waals surface area (Å²) >= 11 is 12.6. The zero-order valence-corrected chi connectivity index (χ0v) is 18.3. The van der Waals surface area contributed by atoms with Crippen LogP contribution in [0.5, 0.6) is 0 Å². The van der Waals surface area contributed by atoms with Crippen LogP contribution in [0.25, 0.3) is 0 Å². The summed E-state index contributed by atoms with van der Waals surface area (Å²) in [6, 6.07) is 5.65. The van der Waals surface area contributed by atoms with Crippen LogP contribution < -0.4 is 5.32 Å². The lowest BCUT2D eigenvalue weighted by molar-refractivity contribution is -0.131. The Hall–Kier alpha value is -1.07. The molecule has 3 rings (SSSR count). The zero-order chi connectivity index (χ0) is 20.1. The Balaban J connectivity index is 1.69. The van der Waals surface area contributed by atoms with Crippen molar-refractivity contribution in [3.8, 4) is 0 Å². The molecule has 2 aliphatic heterocycles. The molecule has 28 heavy (non-hydrogen) atoms. The Kier molecular flexibility index (Phi) is 7.43. The highest BCUT2D eigenvalue weighted by atomic mass is 35.5. The van der Waals surface area contributed by atoms with Crippen molar-refractivity contribution in [3.05, 3.63) is 45.5 Å². The summed E-state index contributed by atoms with van der Waals surface area (Å²) < 4.78 is 5.55. The number of rotatable bonds is 5. The predicted octanol–water partition coefficient (Wildman–Crippen LogP) is 4.59. The van der Waals surface area contributed by atoms with Crippen LogP contribution >= 0.6 is 23.2 Å². The minimum absolute atomic E-state index is 0.0720. The number of nitrogens with one attached hydrogen (secondary N) is 1. The van der Waals surface area contributed by atoms with Crippen molar-refractivity contribution in [2.75, 3.05) is 32.8 Å². The number of carbonyl (C=O) groups is 1. The smallest absolute Gasteiger partial charge is 0.231 e. The highest BCUT2D eigenvalue weighted by Gasteiger charge is 2.43. The third kappa shape index (κ3) is 5.10. The van der Waals surface area contributed by atoms with E-state index in [0.717, 1.165) is 38.0 Å². The van der Waals surface area contributed by atoms with Crippen LogP contribution in [0, 0.1) is 0 Å². The van der Waals surface area contributed by atoms with Gasteiger partial charge in [-0.2, -0.15) is 0 Å². The topological polar surface area (TPSA) is 41.6 Å². The highest BCUT2D eigenvalue weighted by molar-refractivity contribution is 6.35. The number of ether oxygens (including phenoxy) is 1. The predicted molar refractivity (Wildman–Crippen MR) is 115 cm³/mol. The zero-order valence-electron chi connectivity index (χ0n) is 16.8. The van der Waals surface area contributed by atoms with Gasteiger partial charge in [0.15, 0.2) is 0 Å². The molecule has 0 bridgehead atoms. The van der Waals surface area contributed by atoms with Crippen molar-refractivity contribution in [1.29, 1.82) is 0 Å². The highest BCUT2D eigenvalue weighted by Crippen LogP contribution is 2.40. The van der Waals surface area contributed by atoms with Crippen LogP contribution in [0.4, 0.5) is 0 Å². The molecule has 0 unspecified atom stereocenters. The van der Waals surface area contributed by atoms with Gasteiger partial charge in [0.1, 0.15) is 0 Å². The van der Waals surface area contributed by atoms with Crippen LogP contribution in [-0.2, 0) is 14.9 Å². The van der Waals surface area contributed by atoms with Gasteiger partial charge in [-0.1, -0.05) is 40.9 Å². The second-order valence-electron chi connectivity index (χ2n) is 8.15. The molecule has 1 aromatic carbocycles. The molecule has 1 aromatic rings. The monoisotopic (exact) mass is 424 g/mol. The van der Waals surface area contributed by atoms with E-state index in [-0.39, 0.29) is 11.9 Å². The lowest BCUT2D eigenvalue weighted by Gasteiger charge is -2.39. The van der Waals surface area contributed by atoms with E-state index >= 15 is 0 Å². The fourth-order valence-electron chi connectivity index (χ4n) is 4.11. The maximum absolute atomic E-state index is 13.4. The third-order valence-electron chi connectivity index (χ3n) is 5.91. The number of hydrogen-bond acceptors (Lipinski definition) is 3. The molecule has 0 aliphatic carbocycles. The average molecular weight is 425 g/mol. The van der Waals surface area contributed by atoms with Crippen LogP contribution in [0.1, 0.15) is 45.1 Å². The standard InChI is InChI=1S/C22H30Cl2N2O2/c1-16(2)5-10-26-11-6-18(7-12-26)25-21(27)22(8-13-28-14-9-22)19-4-3-17(23)15-20(19)24/h3-5,15,18H,6-14H2,1-2H3,(H,25,27). The van der Waals surface area contributed by atoms with Gasteiger partial charge < -0.3 is 10.1 Å². The van der Waals surface area contributed by atoms with Crippen molar-refractivity contribution in [2.45, 2.75) is 51.0 Å². The molecular weight excluding hydrogens is 395 g/mol. The molecule has 154 valence electrons. The van der Waals surface area contributed by atoms with Gasteiger partial charge in [0, 0.05) is 48.9 Å². The van der Waals surface area contributed by atoms with Crippen molar-refractivity contribution in [3.63, 3.8) is 0 Å². The number of hydrogen-bond donors (Lipinski definition) is 1. The van der Waals surface area contributed by atoms with Crippen molar-refractivity contribution < 1.29 is 9.53 Å². The molecule has 2 saturated heterocycles. The maximum Gasteiger partial charge on any atom is 0.231 e. The van der Waals surface area contributed by atoms with Crippen molar-refractivity contribution >= 4 is 29.1 Å². The largest absolute Gasteiger partial charge is 0.381 e. The number of piperidine rings is 1. The fraction of sp³-hybridized carbons (Fsp3) is 0.591. The molecule has 1 amide bonds. The summed E-state index contributed by atoms with van der Waals surface area (Å²) in [5.41, 5.74) is 1.57. The van der Waals surface area contributed by atoms with E-state index in [1.807, 2.05) is 12.1 Å². The molecule has 4 nitrogen and oxygen atoms in total. The first-order chi connectivity index (χ1) is 13.4. The first-order valence-corrected chi connectivity index (χ1v) is 10.9. The SMILES string of the molecule is CC(C)=CCN1CCC(NC(=O)C2(c3ccc(Cl)cc3Cl)CCOCC2)CC1. The normalized spacial score (nSPS) is 20.6. The number of likely N-dealkylation sites (tertiary alicyclic amines) is 1. The second-order valence-corrected chi connectivity index (χ2v) is 8.99. The molecule has 2 aliphatic rings. The van der Waals surface area contributed by atoms with Crippen LogP contribution in [0.3, 0.4) is 0 Å². The van der Waals surface area contributed by atoms with E-state index in [2.05, 4.69) is 30.1 Å². The van der Waals surface area contributed by atoms with E-state index in [4.69, 9.17) is 27.9 Å². The number of carbonyl (C=O) groups excluding carboxylic acids is 1. The molecule has 0 saturated carbocycles. The third-order valence-corrected chi connectivity index (χ3v) is 6.46. The Morgan fingerprint density at radius 2 is 1.93 bits per heavy atom. The summed E-state index contributed by atoms with van der Waals surface area (Å²) in [4.78, 5) is 15.9. The van der Waals surface area contributed by atoms with E-state index in [9.17, 15) is 4.79 Å². The summed E-state index contributed by atoms with van der Waals surface area (Å²) in [7, 11) is 0. The van der Waals surface area contributed by atoms with Gasteiger partial charge in [-0.25, -0.2) is 0 Å². The fourth-order valence-corrected chi connectivity index (χ4v) is 4.70. The van der Waals surface area contributed by atoms with Gasteiger partial charge >= 0.3 is 0 Å². The van der Waals surface area contributed by atoms with Crippen LogP contribution in [0.2, 0.25) is 10.0 Å². The Labute approximate surface area is 178 Å². The summed E-state index contributed by atoms with van der Waals surface area (Å²) in [5.74, 6) is 0.0720. The minimum atomic E-state index is -0.640. The molecule has 2 fully saturated rings. The second kappa shape index (κ2) is 9.62. The number of halogens is 2. The van der Waals surface area contributed by atoms with Gasteiger partial charge in [0.2, 0.25) is 5.91 Å². The van der Waals surface area contributed by atoms with Gasteiger partial charge in [-0.05, 0) is 57.2 Å². The molecule has 0 radical (unpaired) electrons. The first kappa shape index (κ1) is 21.6. The minimum Gasteiger partial charge on any atom is -0.381 e. The van der Waals surface area contributed by atoms with Crippen LogP contribution in [0.15, 0.2) is 29.8 Å². The number of amides is 1. The molecule has 0 aromatic heterocycles. The molecule has 1 N–H and O–H groups in total. The quantitative estimate of drug-likeness (QED) is 0.702. The molecule has 0 atom stereocenters. The molecular formula is C22H30Cl2N2O2. The summed E-state index contributed by atoms with van der Waals surface area (Å²) in [6.07, 6.45) is 5.49. The van der Waals surface area contributed by atoms with Gasteiger partial charge in [0.25, 0.3) is 0 Å². The Morgan fingerprint density at radius 1 is 1.25 bits per heavy atom. The van der Waals surface area contributed by atoms with Gasteiger partial charge in [-0.15, -0.1) is 0 Å². The van der Waals surface area contributed by atoms with E-state index in [0.29, 0.717) is 36.1 Å². The molecule has 0 spiro atoms. The Morgan fingerprint density at radius 3 is 2.54 bits per heavy atom. The first-order valence-electron chi connectivity index (χ1n) is 10.1. The van der Waals surface area contributed by atoms with Crippen molar-refractivity contribution in [1.82, 2.24) is 10.2 Å². The molecule has 6 heteroatoms. The van der Waals surface area contributed by atoms with Gasteiger partial charge in [0.05, 0.1) is 5.41 Å². The number of benzene rings is 1. The average Bonchev–Trinajstić information content (AvgIpc) is 2.68. The van der Waals surface area contributed by atoms with E-state index < -0.39 is 5.41 Å². The molecule has 2 heterocycles. The number of allylic oxidation sites excluding steroid dienone is 1. The lowest BCUT2D eigenvalue weighted by Crippen LogP contribution is -2.53. The summed E-state index contributed by atoms with van der Waals surface area (Å²) in [5, 5.41) is 4.47. The summed E-state index contributed by atoms with van der Waals surface area (Å²) in [6.45, 7) is 8.38. The van der Waals surface area contributed by atoms with Crippen LogP contribution in [-0.4, -0.2) is 49.7 Å². The maximum atomic E-state index is 13.4. The lowest BCUT2D eigenvalue weighted by atomic mass is 9.73. The Bertz CT molecular complexity index is 717.